The standard InChI is InChI=1S/C10H11N5O4S/c1-19-7(10(17)18)4-11-9(16)8-6(2-3-20-8)15-5-12-13-14-15/h2-3,5,7H,4H2,1H3,(H,11,16)(H,17,18). The van der Waals surface area contributed by atoms with Crippen molar-refractivity contribution >= 4 is 23.2 Å². The van der Waals surface area contributed by atoms with Gasteiger partial charge in [-0.15, -0.1) is 16.4 Å². The van der Waals surface area contributed by atoms with E-state index in [4.69, 9.17) is 9.84 Å². The van der Waals surface area contributed by atoms with Crippen LogP contribution in [0.2, 0.25) is 0 Å². The molecule has 10 heteroatoms. The number of rotatable bonds is 6. The molecule has 106 valence electrons. The van der Waals surface area contributed by atoms with Crippen LogP contribution >= 0.6 is 11.3 Å². The third-order valence-corrected chi connectivity index (χ3v) is 3.36. The van der Waals surface area contributed by atoms with Gasteiger partial charge in [0.25, 0.3) is 5.91 Å². The van der Waals surface area contributed by atoms with E-state index in [2.05, 4.69) is 20.8 Å². The van der Waals surface area contributed by atoms with Gasteiger partial charge in [0.05, 0.1) is 12.2 Å². The number of carbonyl (C=O) groups is 2. The molecule has 0 bridgehead atoms. The maximum Gasteiger partial charge on any atom is 0.334 e. The minimum Gasteiger partial charge on any atom is -0.479 e. The molecule has 0 saturated carbocycles. The van der Waals surface area contributed by atoms with Gasteiger partial charge < -0.3 is 15.2 Å². The van der Waals surface area contributed by atoms with Crippen LogP contribution in [-0.4, -0.2) is 56.9 Å². The first-order chi connectivity index (χ1) is 9.63. The molecule has 0 aliphatic carbocycles. The van der Waals surface area contributed by atoms with E-state index in [-0.39, 0.29) is 6.54 Å². The predicted molar refractivity (Wildman–Crippen MR) is 67.8 cm³/mol. The van der Waals surface area contributed by atoms with E-state index in [9.17, 15) is 9.59 Å². The lowest BCUT2D eigenvalue weighted by molar-refractivity contribution is -0.147. The highest BCUT2D eigenvalue weighted by molar-refractivity contribution is 7.12. The van der Waals surface area contributed by atoms with Crippen LogP contribution in [0.4, 0.5) is 0 Å². The SMILES string of the molecule is COC(CNC(=O)c1sccc1-n1cnnn1)C(=O)O. The molecule has 1 amide bonds. The van der Waals surface area contributed by atoms with Crippen LogP contribution in [0.3, 0.4) is 0 Å². The number of thiophene rings is 1. The number of methoxy groups -OCH3 is 1. The van der Waals surface area contributed by atoms with Gasteiger partial charge in [-0.3, -0.25) is 4.79 Å². The average Bonchev–Trinajstić information content (AvgIpc) is 3.09. The van der Waals surface area contributed by atoms with Gasteiger partial charge in [-0.05, 0) is 21.9 Å². The second kappa shape index (κ2) is 6.21. The summed E-state index contributed by atoms with van der Waals surface area (Å²) < 4.78 is 6.09. The van der Waals surface area contributed by atoms with Crippen LogP contribution < -0.4 is 5.32 Å². The van der Waals surface area contributed by atoms with Gasteiger partial charge >= 0.3 is 5.97 Å². The topological polar surface area (TPSA) is 119 Å². The number of nitrogens with one attached hydrogen (secondary N) is 1. The van der Waals surface area contributed by atoms with Crippen molar-refractivity contribution in [3.63, 3.8) is 0 Å². The Morgan fingerprint density at radius 1 is 1.60 bits per heavy atom. The summed E-state index contributed by atoms with van der Waals surface area (Å²) in [5.41, 5.74) is 0.529. The highest BCUT2D eigenvalue weighted by atomic mass is 32.1. The summed E-state index contributed by atoms with van der Waals surface area (Å²) >= 11 is 1.21. The average molecular weight is 297 g/mol. The lowest BCUT2D eigenvalue weighted by atomic mass is 10.3. The largest absolute Gasteiger partial charge is 0.479 e. The van der Waals surface area contributed by atoms with Crippen LogP contribution in [0, 0.1) is 0 Å². The van der Waals surface area contributed by atoms with Crippen LogP contribution in [0.25, 0.3) is 5.69 Å². The molecule has 2 rings (SSSR count). The summed E-state index contributed by atoms with van der Waals surface area (Å²) in [4.78, 5) is 23.2. The second-order valence-corrected chi connectivity index (χ2v) is 4.58. The van der Waals surface area contributed by atoms with Crippen LogP contribution in [0.1, 0.15) is 9.67 Å². The molecule has 0 saturated heterocycles. The molecule has 0 fully saturated rings. The minimum absolute atomic E-state index is 0.127. The van der Waals surface area contributed by atoms with Gasteiger partial charge in [-0.25, -0.2) is 4.79 Å². The quantitative estimate of drug-likeness (QED) is 0.741. The first-order valence-electron chi connectivity index (χ1n) is 5.48. The molecular weight excluding hydrogens is 286 g/mol. The first kappa shape index (κ1) is 14.1. The predicted octanol–water partition coefficient (Wildman–Crippen LogP) is -0.447. The molecule has 0 radical (unpaired) electrons. The highest BCUT2D eigenvalue weighted by Crippen LogP contribution is 2.19. The Morgan fingerprint density at radius 2 is 2.40 bits per heavy atom. The van der Waals surface area contributed by atoms with E-state index in [1.54, 1.807) is 11.4 Å². The van der Waals surface area contributed by atoms with Crippen molar-refractivity contribution in [2.75, 3.05) is 13.7 Å². The Hall–Kier alpha value is -2.33. The third-order valence-electron chi connectivity index (χ3n) is 2.45. The van der Waals surface area contributed by atoms with Crippen molar-refractivity contribution in [3.8, 4) is 5.69 Å². The van der Waals surface area contributed by atoms with E-state index >= 15 is 0 Å². The number of hydrogen-bond acceptors (Lipinski definition) is 7. The number of aliphatic carboxylic acids is 1. The van der Waals surface area contributed by atoms with Crippen LogP contribution in [-0.2, 0) is 9.53 Å². The van der Waals surface area contributed by atoms with Crippen LogP contribution in [0.15, 0.2) is 17.8 Å². The van der Waals surface area contributed by atoms with E-state index in [1.807, 2.05) is 0 Å². The Kier molecular flexibility index (Phi) is 4.38. The lowest BCUT2D eigenvalue weighted by Gasteiger charge is -2.11. The number of carboxylic acid groups (broad SMARTS) is 1. The molecule has 2 heterocycles. The lowest BCUT2D eigenvalue weighted by Crippen LogP contribution is -2.37. The highest BCUT2D eigenvalue weighted by Gasteiger charge is 2.20. The van der Waals surface area contributed by atoms with Crippen LogP contribution in [0.5, 0.6) is 0 Å². The van der Waals surface area contributed by atoms with Gasteiger partial charge in [0.2, 0.25) is 0 Å². The summed E-state index contributed by atoms with van der Waals surface area (Å²) in [6, 6.07) is 1.70. The Bertz CT molecular complexity index is 597. The van der Waals surface area contributed by atoms with E-state index in [1.165, 1.54) is 29.5 Å². The molecule has 2 aromatic rings. The minimum atomic E-state index is -1.14. The van der Waals surface area contributed by atoms with E-state index in [0.717, 1.165) is 0 Å². The zero-order chi connectivity index (χ0) is 14.5. The number of hydrogen-bond donors (Lipinski definition) is 2. The normalized spacial score (nSPS) is 12.1. The molecule has 2 N–H and O–H groups in total. The van der Waals surface area contributed by atoms with Crippen molar-refractivity contribution in [2.45, 2.75) is 6.10 Å². The summed E-state index contributed by atoms with van der Waals surface area (Å²) in [7, 11) is 1.27. The zero-order valence-electron chi connectivity index (χ0n) is 10.4. The Morgan fingerprint density at radius 3 is 3.00 bits per heavy atom. The number of carbonyl (C=O) groups excluding carboxylic acids is 1. The number of aromatic nitrogens is 4. The van der Waals surface area contributed by atoms with Crippen molar-refractivity contribution in [2.24, 2.45) is 0 Å². The zero-order valence-corrected chi connectivity index (χ0v) is 11.2. The van der Waals surface area contributed by atoms with Crippen molar-refractivity contribution in [3.05, 3.63) is 22.7 Å². The summed E-state index contributed by atoms with van der Waals surface area (Å²) in [6.07, 6.45) is 0.281. The monoisotopic (exact) mass is 297 g/mol. The maximum atomic E-state index is 12.0. The molecule has 0 spiro atoms. The molecule has 20 heavy (non-hydrogen) atoms. The van der Waals surface area contributed by atoms with Crippen molar-refractivity contribution < 1.29 is 19.4 Å². The van der Waals surface area contributed by atoms with Gasteiger partial charge in [-0.1, -0.05) is 0 Å². The smallest absolute Gasteiger partial charge is 0.334 e. The van der Waals surface area contributed by atoms with E-state index in [0.29, 0.717) is 10.6 Å². The molecule has 0 aliphatic heterocycles. The molecule has 1 unspecified atom stereocenters. The van der Waals surface area contributed by atoms with Gasteiger partial charge in [0, 0.05) is 7.11 Å². The number of amides is 1. The first-order valence-corrected chi connectivity index (χ1v) is 6.36. The van der Waals surface area contributed by atoms with Crippen molar-refractivity contribution in [1.82, 2.24) is 25.5 Å². The number of carboxylic acids is 1. The van der Waals surface area contributed by atoms with Crippen molar-refractivity contribution in [1.29, 1.82) is 0 Å². The molecular formula is C10H11N5O4S. The molecule has 0 aliphatic rings. The fourth-order valence-corrected chi connectivity index (χ4v) is 2.26. The number of ether oxygens (including phenoxy) is 1. The maximum absolute atomic E-state index is 12.0. The molecule has 1 atom stereocenters. The second-order valence-electron chi connectivity index (χ2n) is 3.66. The summed E-state index contributed by atoms with van der Waals surface area (Å²) in [6.45, 7) is -0.127. The fourth-order valence-electron chi connectivity index (χ4n) is 1.46. The summed E-state index contributed by atoms with van der Waals surface area (Å²) in [5.74, 6) is -1.55. The molecule has 2 aromatic heterocycles. The Labute approximate surface area is 117 Å². The fraction of sp³-hybridized carbons (Fsp3) is 0.300. The number of nitrogens with zero attached hydrogens (tertiary/aromatic N) is 4. The van der Waals surface area contributed by atoms with Gasteiger partial charge in [0.15, 0.2) is 6.10 Å². The van der Waals surface area contributed by atoms with Gasteiger partial charge in [0.1, 0.15) is 11.2 Å². The summed E-state index contributed by atoms with van der Waals surface area (Å²) in [5, 5.41) is 23.7. The Balaban J connectivity index is 2.07. The molecule has 9 nitrogen and oxygen atoms in total. The van der Waals surface area contributed by atoms with E-state index < -0.39 is 18.0 Å². The van der Waals surface area contributed by atoms with Gasteiger partial charge in [-0.2, -0.15) is 4.68 Å². The number of tetrazole rings is 1. The third kappa shape index (κ3) is 2.97. The molecule has 0 aromatic carbocycles.